The van der Waals surface area contributed by atoms with Gasteiger partial charge in [-0.05, 0) is 64.5 Å². The highest BCUT2D eigenvalue weighted by atomic mass is 16.6. The summed E-state index contributed by atoms with van der Waals surface area (Å²) in [4.78, 5) is 43.3. The Labute approximate surface area is 219 Å². The zero-order valence-electron chi connectivity index (χ0n) is 22.4. The molecule has 1 fully saturated rings. The number of fused-ring (bicyclic) bond motifs is 1. The number of anilines is 1. The first-order valence-electron chi connectivity index (χ1n) is 13.5. The summed E-state index contributed by atoms with van der Waals surface area (Å²) in [5.74, 6) is -0.592. The van der Waals surface area contributed by atoms with Gasteiger partial charge in [0.25, 0.3) is 0 Å². The van der Waals surface area contributed by atoms with E-state index in [-0.39, 0.29) is 13.2 Å². The molecule has 0 aliphatic carbocycles. The third-order valence-electron chi connectivity index (χ3n) is 6.55. The van der Waals surface area contributed by atoms with Crippen molar-refractivity contribution in [3.05, 3.63) is 23.4 Å². The van der Waals surface area contributed by atoms with Crippen LogP contribution in [0.3, 0.4) is 0 Å². The first kappa shape index (κ1) is 28.7. The van der Waals surface area contributed by atoms with E-state index in [0.29, 0.717) is 19.4 Å². The minimum atomic E-state index is -1.08. The maximum Gasteiger partial charge on any atom is 0.411 e. The maximum absolute atomic E-state index is 12.9. The summed E-state index contributed by atoms with van der Waals surface area (Å²) in [6, 6.07) is 2.36. The van der Waals surface area contributed by atoms with E-state index in [9.17, 15) is 19.5 Å². The number of amides is 2. The van der Waals surface area contributed by atoms with Crippen molar-refractivity contribution >= 4 is 23.8 Å². The van der Waals surface area contributed by atoms with Gasteiger partial charge in [0.05, 0.1) is 13.2 Å². The fraction of sp³-hybridized carbons (Fsp3) is 0.704. The third kappa shape index (κ3) is 9.18. The lowest BCUT2D eigenvalue weighted by Crippen LogP contribution is -2.58. The van der Waals surface area contributed by atoms with Gasteiger partial charge < -0.3 is 25.2 Å². The number of aromatic nitrogens is 1. The lowest BCUT2D eigenvalue weighted by molar-refractivity contribution is -0.144. The molecule has 0 aromatic carbocycles. The molecule has 37 heavy (non-hydrogen) atoms. The molecule has 2 amide bonds. The maximum atomic E-state index is 12.9. The molecule has 0 bridgehead atoms. The number of unbranched alkanes of at least 4 members (excludes halogenated alkanes) is 4. The normalized spacial score (nSPS) is 18.4. The van der Waals surface area contributed by atoms with Crippen LogP contribution < -0.4 is 10.6 Å². The average Bonchev–Trinajstić information content (AvgIpc) is 2.86. The van der Waals surface area contributed by atoms with Crippen LogP contribution in [0.5, 0.6) is 0 Å². The highest BCUT2D eigenvalue weighted by molar-refractivity contribution is 5.89. The molecular weight excluding hydrogens is 476 g/mol. The van der Waals surface area contributed by atoms with Crippen LogP contribution in [0.15, 0.2) is 12.1 Å². The predicted molar refractivity (Wildman–Crippen MR) is 140 cm³/mol. The first-order chi connectivity index (χ1) is 17.6. The number of hydrogen-bond donors (Lipinski definition) is 3. The summed E-state index contributed by atoms with van der Waals surface area (Å²) in [7, 11) is 0. The molecular formula is C27H42N4O6. The fourth-order valence-corrected chi connectivity index (χ4v) is 4.58. The van der Waals surface area contributed by atoms with Gasteiger partial charge in [0, 0.05) is 18.8 Å². The molecule has 2 unspecified atom stereocenters. The fourth-order valence-electron chi connectivity index (χ4n) is 4.58. The quantitative estimate of drug-likeness (QED) is 0.379. The highest BCUT2D eigenvalue weighted by Gasteiger charge is 2.37. The van der Waals surface area contributed by atoms with E-state index in [4.69, 9.17) is 14.5 Å². The van der Waals surface area contributed by atoms with Crippen molar-refractivity contribution in [3.63, 3.8) is 0 Å². The molecule has 3 rings (SSSR count). The Morgan fingerprint density at radius 2 is 1.97 bits per heavy atom. The van der Waals surface area contributed by atoms with Crippen LogP contribution in [0.2, 0.25) is 0 Å². The zero-order chi connectivity index (χ0) is 26.8. The van der Waals surface area contributed by atoms with Crippen LogP contribution in [0, 0.1) is 0 Å². The number of nitrogens with one attached hydrogen (secondary N) is 2. The van der Waals surface area contributed by atoms with Gasteiger partial charge in [-0.3, -0.25) is 9.69 Å². The van der Waals surface area contributed by atoms with Crippen molar-refractivity contribution in [2.24, 2.45) is 0 Å². The lowest BCUT2D eigenvalue weighted by atomic mass is 10.0. The first-order valence-corrected chi connectivity index (χ1v) is 13.5. The molecule has 0 radical (unpaired) electrons. The van der Waals surface area contributed by atoms with Gasteiger partial charge in [-0.25, -0.2) is 14.6 Å². The Bertz CT molecular complexity index is 932. The molecule has 2 atom stereocenters. The number of carbonyl (C=O) groups is 3. The van der Waals surface area contributed by atoms with Crippen LogP contribution >= 0.6 is 0 Å². The van der Waals surface area contributed by atoms with E-state index in [1.165, 1.54) is 10.5 Å². The molecule has 2 aliphatic heterocycles. The molecule has 0 saturated carbocycles. The molecule has 1 saturated heterocycles. The summed E-state index contributed by atoms with van der Waals surface area (Å²) in [6.45, 7) is 6.76. The summed E-state index contributed by atoms with van der Waals surface area (Å²) in [5.41, 5.74) is 1.70. The number of hydrogen-bond acceptors (Lipinski definition) is 7. The summed E-state index contributed by atoms with van der Waals surface area (Å²) in [5, 5.41) is 15.6. The topological polar surface area (TPSA) is 130 Å². The number of morpholine rings is 1. The van der Waals surface area contributed by atoms with Crippen molar-refractivity contribution in [2.45, 2.75) is 96.2 Å². The van der Waals surface area contributed by atoms with Gasteiger partial charge >= 0.3 is 12.1 Å². The molecule has 1 aromatic rings. The molecule has 1 aromatic heterocycles. The monoisotopic (exact) mass is 518 g/mol. The number of pyridine rings is 1. The van der Waals surface area contributed by atoms with Gasteiger partial charge in [0.15, 0.2) is 0 Å². The Morgan fingerprint density at radius 3 is 2.73 bits per heavy atom. The third-order valence-corrected chi connectivity index (χ3v) is 6.55. The Balaban J connectivity index is 1.38. The van der Waals surface area contributed by atoms with Gasteiger partial charge in [-0.2, -0.15) is 0 Å². The summed E-state index contributed by atoms with van der Waals surface area (Å²) < 4.78 is 10.8. The van der Waals surface area contributed by atoms with Crippen molar-refractivity contribution in [3.8, 4) is 0 Å². The Kier molecular flexibility index (Phi) is 10.5. The number of carbonyl (C=O) groups excluding carboxylic acids is 2. The number of aryl methyl sites for hydroxylation is 2. The number of aliphatic carboxylic acids is 1. The van der Waals surface area contributed by atoms with Gasteiger partial charge in [-0.1, -0.05) is 31.7 Å². The molecule has 3 N–H and O–H groups in total. The van der Waals surface area contributed by atoms with E-state index in [1.807, 2.05) is 0 Å². The van der Waals surface area contributed by atoms with Gasteiger partial charge in [0.1, 0.15) is 23.5 Å². The Hall–Kier alpha value is -2.88. The van der Waals surface area contributed by atoms with E-state index in [1.54, 1.807) is 20.8 Å². The largest absolute Gasteiger partial charge is 0.480 e. The molecule has 0 spiro atoms. The van der Waals surface area contributed by atoms with E-state index in [2.05, 4.69) is 22.8 Å². The standard InChI is InChI=1S/C27H42N4O6/c1-27(2,3)37-26(35)31-16-17-36-18-22(31)24(32)30-21(25(33)34)12-8-6-4-5-7-11-20-14-13-19-10-9-15-28-23(19)29-20/h13-14,21-22H,4-12,15-18H2,1-3H3,(H,28,29)(H,30,32)(H,33,34). The molecule has 10 heteroatoms. The van der Waals surface area contributed by atoms with Gasteiger partial charge in [0.2, 0.25) is 5.91 Å². The Morgan fingerprint density at radius 1 is 1.22 bits per heavy atom. The van der Waals surface area contributed by atoms with Crippen LogP contribution in [-0.2, 0) is 31.9 Å². The van der Waals surface area contributed by atoms with Crippen LogP contribution in [0.25, 0.3) is 0 Å². The zero-order valence-corrected chi connectivity index (χ0v) is 22.4. The number of carboxylic acid groups (broad SMARTS) is 1. The van der Waals surface area contributed by atoms with Crippen LogP contribution in [-0.4, -0.2) is 76.9 Å². The molecule has 3 heterocycles. The van der Waals surface area contributed by atoms with Gasteiger partial charge in [-0.15, -0.1) is 0 Å². The molecule has 2 aliphatic rings. The van der Waals surface area contributed by atoms with E-state index in [0.717, 1.165) is 63.0 Å². The second-order valence-corrected chi connectivity index (χ2v) is 10.8. The highest BCUT2D eigenvalue weighted by Crippen LogP contribution is 2.21. The number of rotatable bonds is 11. The molecule has 10 nitrogen and oxygen atoms in total. The van der Waals surface area contributed by atoms with Crippen molar-refractivity contribution in [1.29, 1.82) is 0 Å². The van der Waals surface area contributed by atoms with E-state index >= 15 is 0 Å². The van der Waals surface area contributed by atoms with Crippen LogP contribution in [0.1, 0.15) is 77.0 Å². The number of carboxylic acids is 1. The summed E-state index contributed by atoms with van der Waals surface area (Å²) in [6.07, 6.45) is 7.54. The van der Waals surface area contributed by atoms with Crippen molar-refractivity contribution < 1.29 is 29.0 Å². The van der Waals surface area contributed by atoms with E-state index < -0.39 is 35.7 Å². The SMILES string of the molecule is CC(C)(C)OC(=O)N1CCOCC1C(=O)NC(CCCCCCCc1ccc2c(n1)NCCC2)C(=O)O. The smallest absolute Gasteiger partial charge is 0.411 e. The van der Waals surface area contributed by atoms with Crippen LogP contribution in [0.4, 0.5) is 10.6 Å². The second kappa shape index (κ2) is 13.6. The number of nitrogens with zero attached hydrogens (tertiary/aromatic N) is 2. The predicted octanol–water partition coefficient (Wildman–Crippen LogP) is 3.53. The van der Waals surface area contributed by atoms with Crippen molar-refractivity contribution in [2.75, 3.05) is 31.6 Å². The molecule has 206 valence electrons. The second-order valence-electron chi connectivity index (χ2n) is 10.8. The summed E-state index contributed by atoms with van der Waals surface area (Å²) >= 11 is 0. The van der Waals surface area contributed by atoms with Crippen molar-refractivity contribution in [1.82, 2.24) is 15.2 Å². The minimum Gasteiger partial charge on any atom is -0.480 e. The minimum absolute atomic E-state index is 0.00650. The average molecular weight is 519 g/mol. The number of ether oxygens (including phenoxy) is 2. The lowest BCUT2D eigenvalue weighted by Gasteiger charge is -2.36.